The van der Waals surface area contributed by atoms with Crippen molar-refractivity contribution in [2.75, 3.05) is 5.32 Å². The van der Waals surface area contributed by atoms with Gasteiger partial charge in [-0.25, -0.2) is 15.0 Å². The van der Waals surface area contributed by atoms with Crippen molar-refractivity contribution in [3.8, 4) is 11.6 Å². The zero-order valence-electron chi connectivity index (χ0n) is 16.7. The quantitative estimate of drug-likeness (QED) is 0.541. The summed E-state index contributed by atoms with van der Waals surface area (Å²) >= 11 is 0. The van der Waals surface area contributed by atoms with Gasteiger partial charge in [-0.15, -0.1) is 5.10 Å². The van der Waals surface area contributed by atoms with Gasteiger partial charge in [0.05, 0.1) is 6.20 Å². The van der Waals surface area contributed by atoms with Crippen molar-refractivity contribution < 1.29 is 4.42 Å². The largest absolute Gasteiger partial charge is 0.443 e. The molecular formula is C21H24N6O. The fourth-order valence-electron chi connectivity index (χ4n) is 3.30. The van der Waals surface area contributed by atoms with Gasteiger partial charge in [0.15, 0.2) is 11.5 Å². The lowest BCUT2D eigenvalue weighted by atomic mass is 10.1. The first kappa shape index (κ1) is 18.2. The van der Waals surface area contributed by atoms with Crippen molar-refractivity contribution in [2.24, 2.45) is 0 Å². The first-order valence-corrected chi connectivity index (χ1v) is 9.53. The van der Waals surface area contributed by atoms with Gasteiger partial charge in [-0.3, -0.25) is 0 Å². The normalized spacial score (nSPS) is 11.3. The van der Waals surface area contributed by atoms with Crippen LogP contribution in [-0.2, 0) is 13.0 Å². The van der Waals surface area contributed by atoms with E-state index in [0.29, 0.717) is 24.1 Å². The predicted molar refractivity (Wildman–Crippen MR) is 108 cm³/mol. The highest BCUT2D eigenvalue weighted by atomic mass is 16.3. The van der Waals surface area contributed by atoms with Crippen LogP contribution in [0.3, 0.4) is 0 Å². The van der Waals surface area contributed by atoms with E-state index in [-0.39, 0.29) is 0 Å². The van der Waals surface area contributed by atoms with E-state index in [4.69, 9.17) is 14.4 Å². The molecular weight excluding hydrogens is 352 g/mol. The summed E-state index contributed by atoms with van der Waals surface area (Å²) in [5.41, 5.74) is 6.06. The first-order chi connectivity index (χ1) is 13.6. The molecule has 0 aliphatic rings. The standard InChI is InChI=1S/C21H24N6O/c1-5-6-17-24-19-15(4)18(20-22-9-10-28-20)25-21(27(19)26-17)23-12-16-8-7-13(2)11-14(16)3/h7-11H,5-6,12H2,1-4H3,(H,23,25). The molecule has 1 aromatic carbocycles. The predicted octanol–water partition coefficient (Wildman–Crippen LogP) is 4.27. The SMILES string of the molecule is CCCc1nc2c(C)c(-c3ncco3)nc(NCc3ccc(C)cc3C)n2n1. The summed E-state index contributed by atoms with van der Waals surface area (Å²) < 4.78 is 7.28. The van der Waals surface area contributed by atoms with E-state index in [1.807, 2.05) is 6.92 Å². The third-order valence-electron chi connectivity index (χ3n) is 4.80. The van der Waals surface area contributed by atoms with Crippen molar-refractivity contribution in [3.05, 3.63) is 58.7 Å². The van der Waals surface area contributed by atoms with Crippen LogP contribution in [0.15, 0.2) is 35.1 Å². The lowest BCUT2D eigenvalue weighted by Crippen LogP contribution is -2.10. The Morgan fingerprint density at radius 2 is 2.00 bits per heavy atom. The molecule has 0 saturated heterocycles. The maximum atomic E-state index is 5.49. The van der Waals surface area contributed by atoms with Crippen molar-refractivity contribution in [1.82, 2.24) is 24.6 Å². The zero-order chi connectivity index (χ0) is 19.7. The van der Waals surface area contributed by atoms with E-state index in [1.54, 1.807) is 17.0 Å². The Morgan fingerprint density at radius 3 is 2.71 bits per heavy atom. The Hall–Kier alpha value is -3.22. The number of hydrogen-bond acceptors (Lipinski definition) is 6. The van der Waals surface area contributed by atoms with Gasteiger partial charge < -0.3 is 9.73 Å². The number of oxazole rings is 1. The molecule has 0 amide bonds. The van der Waals surface area contributed by atoms with Gasteiger partial charge in [-0.1, -0.05) is 30.7 Å². The molecule has 4 rings (SSSR count). The summed E-state index contributed by atoms with van der Waals surface area (Å²) in [5.74, 6) is 1.92. The highest BCUT2D eigenvalue weighted by Gasteiger charge is 2.19. The van der Waals surface area contributed by atoms with Crippen molar-refractivity contribution in [2.45, 2.75) is 47.1 Å². The minimum absolute atomic E-state index is 0.481. The smallest absolute Gasteiger partial charge is 0.245 e. The van der Waals surface area contributed by atoms with Crippen LogP contribution in [-0.4, -0.2) is 24.6 Å². The van der Waals surface area contributed by atoms with Crippen LogP contribution in [0, 0.1) is 20.8 Å². The minimum atomic E-state index is 0.481. The van der Waals surface area contributed by atoms with Crippen LogP contribution in [0.25, 0.3) is 17.2 Å². The number of hydrogen-bond donors (Lipinski definition) is 1. The van der Waals surface area contributed by atoms with Gasteiger partial charge >= 0.3 is 0 Å². The molecule has 7 nitrogen and oxygen atoms in total. The fourth-order valence-corrected chi connectivity index (χ4v) is 3.30. The number of aromatic nitrogens is 5. The fraction of sp³-hybridized carbons (Fsp3) is 0.333. The molecule has 3 heterocycles. The number of fused-ring (bicyclic) bond motifs is 1. The van der Waals surface area contributed by atoms with E-state index in [9.17, 15) is 0 Å². The van der Waals surface area contributed by atoms with Crippen LogP contribution < -0.4 is 5.32 Å². The molecule has 0 aliphatic carbocycles. The highest BCUT2D eigenvalue weighted by molar-refractivity contribution is 5.66. The van der Waals surface area contributed by atoms with Gasteiger partial charge in [-0.2, -0.15) is 4.52 Å². The zero-order valence-corrected chi connectivity index (χ0v) is 16.7. The first-order valence-electron chi connectivity index (χ1n) is 9.53. The number of aryl methyl sites for hydroxylation is 4. The van der Waals surface area contributed by atoms with Crippen LogP contribution in [0.4, 0.5) is 5.95 Å². The Balaban J connectivity index is 1.77. The van der Waals surface area contributed by atoms with Crippen molar-refractivity contribution in [1.29, 1.82) is 0 Å². The van der Waals surface area contributed by atoms with Gasteiger partial charge in [0.2, 0.25) is 11.8 Å². The lowest BCUT2D eigenvalue weighted by molar-refractivity contribution is 0.571. The molecule has 7 heteroatoms. The lowest BCUT2D eigenvalue weighted by Gasteiger charge is -2.12. The molecule has 28 heavy (non-hydrogen) atoms. The molecule has 0 unspecified atom stereocenters. The van der Waals surface area contributed by atoms with Crippen molar-refractivity contribution in [3.63, 3.8) is 0 Å². The average molecular weight is 376 g/mol. The molecule has 0 fully saturated rings. The summed E-state index contributed by atoms with van der Waals surface area (Å²) in [4.78, 5) is 13.8. The molecule has 1 N–H and O–H groups in total. The van der Waals surface area contributed by atoms with Gasteiger partial charge in [0, 0.05) is 18.5 Å². The van der Waals surface area contributed by atoms with Crippen LogP contribution in [0.1, 0.15) is 41.4 Å². The molecule has 0 spiro atoms. The number of rotatable bonds is 6. The summed E-state index contributed by atoms with van der Waals surface area (Å²) in [6, 6.07) is 6.44. The Kier molecular flexibility index (Phi) is 4.81. The van der Waals surface area contributed by atoms with E-state index in [2.05, 4.69) is 54.4 Å². The second-order valence-corrected chi connectivity index (χ2v) is 7.04. The molecule has 0 bridgehead atoms. The molecule has 4 aromatic rings. The summed E-state index contributed by atoms with van der Waals surface area (Å²) in [6.45, 7) is 8.96. The molecule has 3 aromatic heterocycles. The van der Waals surface area contributed by atoms with E-state index >= 15 is 0 Å². The molecule has 0 saturated carbocycles. The Labute approximate surface area is 163 Å². The maximum Gasteiger partial charge on any atom is 0.245 e. The molecule has 0 aliphatic heterocycles. The minimum Gasteiger partial charge on any atom is -0.443 e. The van der Waals surface area contributed by atoms with Gasteiger partial charge in [-0.05, 0) is 38.3 Å². The molecule has 0 radical (unpaired) electrons. The van der Waals surface area contributed by atoms with Crippen molar-refractivity contribution >= 4 is 11.6 Å². The number of nitrogens with zero attached hydrogens (tertiary/aromatic N) is 5. The van der Waals surface area contributed by atoms with E-state index < -0.39 is 0 Å². The molecule has 0 atom stereocenters. The maximum absolute atomic E-state index is 5.49. The summed E-state index contributed by atoms with van der Waals surface area (Å²) in [5, 5.41) is 8.09. The topological polar surface area (TPSA) is 81.1 Å². The van der Waals surface area contributed by atoms with Crippen LogP contribution in [0.5, 0.6) is 0 Å². The second kappa shape index (κ2) is 7.42. The third kappa shape index (κ3) is 3.35. The number of anilines is 1. The Morgan fingerprint density at radius 1 is 1.14 bits per heavy atom. The highest BCUT2D eigenvalue weighted by Crippen LogP contribution is 2.25. The third-order valence-corrected chi connectivity index (χ3v) is 4.80. The van der Waals surface area contributed by atoms with E-state index in [1.165, 1.54) is 16.7 Å². The monoisotopic (exact) mass is 376 g/mol. The van der Waals surface area contributed by atoms with Gasteiger partial charge in [0.25, 0.3) is 0 Å². The number of nitrogens with one attached hydrogen (secondary N) is 1. The van der Waals surface area contributed by atoms with Crippen LogP contribution >= 0.6 is 0 Å². The van der Waals surface area contributed by atoms with E-state index in [0.717, 1.165) is 29.9 Å². The summed E-state index contributed by atoms with van der Waals surface area (Å²) in [6.07, 6.45) is 4.98. The average Bonchev–Trinajstić information content (AvgIpc) is 3.33. The van der Waals surface area contributed by atoms with Crippen LogP contribution in [0.2, 0.25) is 0 Å². The Bertz CT molecular complexity index is 1110. The number of benzene rings is 1. The second-order valence-electron chi connectivity index (χ2n) is 7.04. The van der Waals surface area contributed by atoms with Gasteiger partial charge in [0.1, 0.15) is 12.0 Å². The molecule has 144 valence electrons. The summed E-state index contributed by atoms with van der Waals surface area (Å²) in [7, 11) is 0.